The molecule has 112 valence electrons. The molecule has 0 aromatic heterocycles. The van der Waals surface area contributed by atoms with Gasteiger partial charge in [-0.1, -0.05) is 37.3 Å². The first-order chi connectivity index (χ1) is 9.99. The largest absolute Gasteiger partial charge is 0.355 e. The Morgan fingerprint density at radius 2 is 1.95 bits per heavy atom. The van der Waals surface area contributed by atoms with Gasteiger partial charge in [-0.3, -0.25) is 14.5 Å². The van der Waals surface area contributed by atoms with Crippen molar-refractivity contribution in [3.8, 4) is 0 Å². The molecule has 0 saturated carbocycles. The van der Waals surface area contributed by atoms with Gasteiger partial charge in [0.15, 0.2) is 0 Å². The summed E-state index contributed by atoms with van der Waals surface area (Å²) in [6, 6.07) is 8.45. The van der Waals surface area contributed by atoms with Crippen LogP contribution in [0.5, 0.6) is 0 Å². The number of nitrogens with zero attached hydrogens (tertiary/aromatic N) is 1. The number of benzene rings is 1. The molecule has 6 heteroatoms. The monoisotopic (exact) mass is 289 g/mol. The number of hydrogen-bond acceptors (Lipinski definition) is 3. The van der Waals surface area contributed by atoms with E-state index < -0.39 is 17.5 Å². The summed E-state index contributed by atoms with van der Waals surface area (Å²) in [7, 11) is 0. The maximum Gasteiger partial charge on any atom is 0.325 e. The molecule has 1 aliphatic heterocycles. The van der Waals surface area contributed by atoms with E-state index in [1.165, 1.54) is 0 Å². The molecular formula is C15H19N3O3. The summed E-state index contributed by atoms with van der Waals surface area (Å²) < 4.78 is 0. The predicted octanol–water partition coefficient (Wildman–Crippen LogP) is 0.980. The first-order valence-corrected chi connectivity index (χ1v) is 6.95. The highest BCUT2D eigenvalue weighted by Crippen LogP contribution is 2.28. The zero-order chi connectivity index (χ0) is 15.5. The third-order valence-electron chi connectivity index (χ3n) is 3.50. The standard InChI is InChI=1S/C15H19N3O3/c1-3-9-16-12(19)10-18-13(20)15(2,17-14(18)21)11-7-5-4-6-8-11/h4-8H,3,9-10H2,1-2H3,(H,16,19)(H,17,21)/t15-/m0/s1. The normalized spacial score (nSPS) is 21.3. The number of amides is 4. The van der Waals surface area contributed by atoms with Crippen LogP contribution in [0.25, 0.3) is 0 Å². The van der Waals surface area contributed by atoms with Crippen molar-refractivity contribution < 1.29 is 14.4 Å². The van der Waals surface area contributed by atoms with E-state index >= 15 is 0 Å². The Kier molecular flexibility index (Phi) is 4.26. The van der Waals surface area contributed by atoms with Crippen LogP contribution in [0.3, 0.4) is 0 Å². The number of rotatable bonds is 5. The van der Waals surface area contributed by atoms with Crippen molar-refractivity contribution in [1.82, 2.24) is 15.5 Å². The number of hydrogen-bond donors (Lipinski definition) is 2. The van der Waals surface area contributed by atoms with Crippen molar-refractivity contribution in [2.24, 2.45) is 0 Å². The van der Waals surface area contributed by atoms with Gasteiger partial charge in [-0.05, 0) is 18.9 Å². The van der Waals surface area contributed by atoms with E-state index in [-0.39, 0.29) is 12.5 Å². The van der Waals surface area contributed by atoms with Crippen LogP contribution < -0.4 is 10.6 Å². The Labute approximate surface area is 123 Å². The lowest BCUT2D eigenvalue weighted by Gasteiger charge is -2.22. The number of carbonyl (C=O) groups is 3. The van der Waals surface area contributed by atoms with Crippen LogP contribution in [-0.2, 0) is 15.1 Å². The Hall–Kier alpha value is -2.37. The summed E-state index contributed by atoms with van der Waals surface area (Å²) >= 11 is 0. The van der Waals surface area contributed by atoms with Gasteiger partial charge in [0.25, 0.3) is 5.91 Å². The maximum atomic E-state index is 12.5. The molecule has 2 N–H and O–H groups in total. The second-order valence-electron chi connectivity index (χ2n) is 5.16. The summed E-state index contributed by atoms with van der Waals surface area (Å²) in [4.78, 5) is 37.2. The molecule has 0 spiro atoms. The minimum Gasteiger partial charge on any atom is -0.355 e. The quantitative estimate of drug-likeness (QED) is 0.793. The van der Waals surface area contributed by atoms with Crippen molar-refractivity contribution in [1.29, 1.82) is 0 Å². The van der Waals surface area contributed by atoms with Gasteiger partial charge >= 0.3 is 6.03 Å². The van der Waals surface area contributed by atoms with Gasteiger partial charge in [-0.15, -0.1) is 0 Å². The highest BCUT2D eigenvalue weighted by Gasteiger charge is 2.49. The zero-order valence-electron chi connectivity index (χ0n) is 12.2. The summed E-state index contributed by atoms with van der Waals surface area (Å²) in [5, 5.41) is 5.32. The fourth-order valence-corrected chi connectivity index (χ4v) is 2.27. The number of carbonyl (C=O) groups excluding carboxylic acids is 3. The smallest absolute Gasteiger partial charge is 0.325 e. The molecule has 0 aliphatic carbocycles. The highest BCUT2D eigenvalue weighted by atomic mass is 16.2. The Balaban J connectivity index is 2.15. The van der Waals surface area contributed by atoms with Crippen molar-refractivity contribution in [3.05, 3.63) is 35.9 Å². The molecule has 6 nitrogen and oxygen atoms in total. The lowest BCUT2D eigenvalue weighted by molar-refractivity contribution is -0.134. The molecule has 1 heterocycles. The molecular weight excluding hydrogens is 270 g/mol. The molecule has 1 atom stereocenters. The van der Waals surface area contributed by atoms with E-state index in [1.807, 2.05) is 13.0 Å². The summed E-state index contributed by atoms with van der Waals surface area (Å²) in [5.41, 5.74) is -0.427. The highest BCUT2D eigenvalue weighted by molar-refractivity contribution is 6.09. The van der Waals surface area contributed by atoms with E-state index in [0.717, 1.165) is 11.3 Å². The maximum absolute atomic E-state index is 12.5. The second kappa shape index (κ2) is 5.95. The van der Waals surface area contributed by atoms with Crippen LogP contribution in [-0.4, -0.2) is 35.8 Å². The van der Waals surface area contributed by atoms with E-state index in [9.17, 15) is 14.4 Å². The summed E-state index contributed by atoms with van der Waals surface area (Å²) in [6.45, 7) is 3.85. The molecule has 0 radical (unpaired) electrons. The van der Waals surface area contributed by atoms with E-state index in [0.29, 0.717) is 12.1 Å². The Bertz CT molecular complexity index is 559. The minimum atomic E-state index is -1.12. The molecule has 1 aliphatic rings. The van der Waals surface area contributed by atoms with E-state index in [1.54, 1.807) is 31.2 Å². The first-order valence-electron chi connectivity index (χ1n) is 6.95. The third-order valence-corrected chi connectivity index (χ3v) is 3.50. The molecule has 1 aromatic rings. The molecule has 0 bridgehead atoms. The molecule has 1 fully saturated rings. The van der Waals surface area contributed by atoms with Gasteiger partial charge in [0, 0.05) is 6.54 Å². The van der Waals surface area contributed by atoms with Gasteiger partial charge in [-0.2, -0.15) is 0 Å². The van der Waals surface area contributed by atoms with Crippen LogP contribution in [0.15, 0.2) is 30.3 Å². The first kappa shape index (κ1) is 15.0. The van der Waals surface area contributed by atoms with Crippen molar-refractivity contribution >= 4 is 17.8 Å². The van der Waals surface area contributed by atoms with Crippen molar-refractivity contribution in [3.63, 3.8) is 0 Å². The van der Waals surface area contributed by atoms with E-state index in [4.69, 9.17) is 0 Å². The number of nitrogens with one attached hydrogen (secondary N) is 2. The summed E-state index contributed by atoms with van der Waals surface area (Å²) in [6.07, 6.45) is 0.799. The van der Waals surface area contributed by atoms with Crippen molar-refractivity contribution in [2.75, 3.05) is 13.1 Å². The predicted molar refractivity (Wildman–Crippen MR) is 77.3 cm³/mol. The van der Waals surface area contributed by atoms with Crippen LogP contribution in [0.1, 0.15) is 25.8 Å². The van der Waals surface area contributed by atoms with Gasteiger partial charge in [-0.25, -0.2) is 4.79 Å². The van der Waals surface area contributed by atoms with Gasteiger partial charge in [0.05, 0.1) is 0 Å². The van der Waals surface area contributed by atoms with Gasteiger partial charge < -0.3 is 10.6 Å². The Morgan fingerprint density at radius 3 is 2.57 bits per heavy atom. The van der Waals surface area contributed by atoms with Crippen LogP contribution in [0.2, 0.25) is 0 Å². The Morgan fingerprint density at radius 1 is 1.29 bits per heavy atom. The van der Waals surface area contributed by atoms with E-state index in [2.05, 4.69) is 10.6 Å². The van der Waals surface area contributed by atoms with Crippen LogP contribution in [0, 0.1) is 0 Å². The summed E-state index contributed by atoms with van der Waals surface area (Å²) in [5.74, 6) is -0.747. The number of urea groups is 1. The molecule has 1 aromatic carbocycles. The molecule has 4 amide bonds. The molecule has 1 saturated heterocycles. The SMILES string of the molecule is CCCNC(=O)CN1C(=O)N[C@@](C)(c2ccccc2)C1=O. The van der Waals surface area contributed by atoms with Crippen LogP contribution in [0.4, 0.5) is 4.79 Å². The molecule has 0 unspecified atom stereocenters. The average Bonchev–Trinajstić information content (AvgIpc) is 2.70. The van der Waals surface area contributed by atoms with Crippen LogP contribution >= 0.6 is 0 Å². The topological polar surface area (TPSA) is 78.5 Å². The second-order valence-corrected chi connectivity index (χ2v) is 5.16. The average molecular weight is 289 g/mol. The molecule has 2 rings (SSSR count). The minimum absolute atomic E-state index is 0.257. The third kappa shape index (κ3) is 2.89. The zero-order valence-corrected chi connectivity index (χ0v) is 12.2. The van der Waals surface area contributed by atoms with Crippen molar-refractivity contribution in [2.45, 2.75) is 25.8 Å². The molecule has 21 heavy (non-hydrogen) atoms. The van der Waals surface area contributed by atoms with Gasteiger partial charge in [0.2, 0.25) is 5.91 Å². The lowest BCUT2D eigenvalue weighted by atomic mass is 9.92. The lowest BCUT2D eigenvalue weighted by Crippen LogP contribution is -2.43. The number of imide groups is 1. The fraction of sp³-hybridized carbons (Fsp3) is 0.400. The fourth-order valence-electron chi connectivity index (χ4n) is 2.27. The van der Waals surface area contributed by atoms with Gasteiger partial charge in [0.1, 0.15) is 12.1 Å².